The number of rotatable bonds is 4. The summed E-state index contributed by atoms with van der Waals surface area (Å²) >= 11 is 0. The number of benzene rings is 3. The van der Waals surface area contributed by atoms with Gasteiger partial charge in [0.2, 0.25) is 0 Å². The van der Waals surface area contributed by atoms with E-state index in [1.54, 1.807) is 6.33 Å². The lowest BCUT2D eigenvalue weighted by Gasteiger charge is -2.35. The van der Waals surface area contributed by atoms with Crippen LogP contribution in [0, 0.1) is 0 Å². The molecule has 1 aromatic heterocycles. The first kappa shape index (κ1) is 23.3. The third-order valence-corrected chi connectivity index (χ3v) is 7.18. The predicted octanol–water partition coefficient (Wildman–Crippen LogP) is 5.78. The molecule has 1 fully saturated rings. The molecule has 0 radical (unpaired) electrons. The summed E-state index contributed by atoms with van der Waals surface area (Å²) in [4.78, 5) is 22.5. The Hall–Kier alpha value is -3.41. The van der Waals surface area contributed by atoms with Crippen LogP contribution < -0.4 is 10.5 Å². The Bertz CT molecular complexity index is 1370. The van der Waals surface area contributed by atoms with Gasteiger partial charge in [-0.3, -0.25) is 9.36 Å². The van der Waals surface area contributed by atoms with E-state index in [1.807, 2.05) is 28.8 Å². The molecular formula is C29H29ClN4O. The average molecular weight is 485 g/mol. The molecule has 2 aliphatic heterocycles. The van der Waals surface area contributed by atoms with Crippen LogP contribution in [0.1, 0.15) is 30.0 Å². The Labute approximate surface area is 211 Å². The maximum absolute atomic E-state index is 13.0. The fourth-order valence-corrected chi connectivity index (χ4v) is 5.30. The molecule has 0 saturated carbocycles. The first-order chi connectivity index (χ1) is 16.8. The molecule has 0 N–H and O–H groups in total. The third kappa shape index (κ3) is 4.49. The highest BCUT2D eigenvalue weighted by Gasteiger charge is 2.24. The van der Waals surface area contributed by atoms with Gasteiger partial charge in [0, 0.05) is 43.6 Å². The van der Waals surface area contributed by atoms with E-state index in [2.05, 4.69) is 75.5 Å². The maximum Gasteiger partial charge on any atom is 0.261 e. The monoisotopic (exact) mass is 484 g/mol. The Morgan fingerprint density at radius 2 is 1.37 bits per heavy atom. The minimum atomic E-state index is 0. The highest BCUT2D eigenvalue weighted by molar-refractivity contribution is 5.88. The van der Waals surface area contributed by atoms with Gasteiger partial charge in [-0.25, -0.2) is 4.98 Å². The minimum Gasteiger partial charge on any atom is -0.339 e. The molecular weight excluding hydrogens is 456 g/mol. The van der Waals surface area contributed by atoms with E-state index in [0.717, 1.165) is 44.5 Å². The first-order valence-electron chi connectivity index (χ1n) is 12.1. The van der Waals surface area contributed by atoms with E-state index in [9.17, 15) is 4.79 Å². The lowest BCUT2D eigenvalue weighted by molar-refractivity contribution is 0.188. The topological polar surface area (TPSA) is 41.4 Å². The van der Waals surface area contributed by atoms with Gasteiger partial charge in [0.05, 0.1) is 17.2 Å². The van der Waals surface area contributed by atoms with Crippen LogP contribution in [0.15, 0.2) is 83.9 Å². The molecule has 0 spiro atoms. The zero-order valence-electron chi connectivity index (χ0n) is 19.6. The quantitative estimate of drug-likeness (QED) is 0.368. The van der Waals surface area contributed by atoms with Gasteiger partial charge in [0.25, 0.3) is 5.56 Å². The predicted molar refractivity (Wildman–Crippen MR) is 147 cm³/mol. The van der Waals surface area contributed by atoms with Gasteiger partial charge in [-0.1, -0.05) is 60.7 Å². The molecule has 2 aliphatic rings. The van der Waals surface area contributed by atoms with Gasteiger partial charge < -0.3 is 9.80 Å². The molecule has 6 rings (SSSR count). The summed E-state index contributed by atoms with van der Waals surface area (Å²) in [5, 5.41) is 0.708. The van der Waals surface area contributed by atoms with Crippen molar-refractivity contribution in [3.8, 4) is 0 Å². The van der Waals surface area contributed by atoms with Crippen LogP contribution in [-0.2, 0) is 0 Å². The van der Waals surface area contributed by atoms with Gasteiger partial charge in [-0.15, -0.1) is 12.4 Å². The van der Waals surface area contributed by atoms with Crippen molar-refractivity contribution in [3.05, 3.63) is 101 Å². The van der Waals surface area contributed by atoms with Crippen molar-refractivity contribution in [1.82, 2.24) is 14.5 Å². The number of para-hydroxylation sites is 3. The second kappa shape index (κ2) is 10.1. The number of anilines is 2. The van der Waals surface area contributed by atoms with Gasteiger partial charge in [0.15, 0.2) is 0 Å². The van der Waals surface area contributed by atoms with E-state index in [1.165, 1.54) is 22.5 Å². The number of piperidine rings is 1. The van der Waals surface area contributed by atoms with Crippen molar-refractivity contribution < 1.29 is 0 Å². The van der Waals surface area contributed by atoms with E-state index >= 15 is 0 Å². The molecule has 4 aromatic rings. The summed E-state index contributed by atoms with van der Waals surface area (Å²) < 4.78 is 1.85. The number of halogens is 1. The molecule has 3 heterocycles. The molecule has 178 valence electrons. The molecule has 35 heavy (non-hydrogen) atoms. The highest BCUT2D eigenvalue weighted by atomic mass is 35.5. The van der Waals surface area contributed by atoms with E-state index in [-0.39, 0.29) is 24.0 Å². The molecule has 0 unspecified atom stereocenters. The van der Waals surface area contributed by atoms with Crippen molar-refractivity contribution in [2.24, 2.45) is 0 Å². The maximum atomic E-state index is 13.0. The van der Waals surface area contributed by atoms with Crippen molar-refractivity contribution in [3.63, 3.8) is 0 Å². The molecule has 0 bridgehead atoms. The number of hydrogen-bond donors (Lipinski definition) is 0. The summed E-state index contributed by atoms with van der Waals surface area (Å²) in [7, 11) is 0. The largest absolute Gasteiger partial charge is 0.339 e. The number of nitrogens with zero attached hydrogens (tertiary/aromatic N) is 4. The van der Waals surface area contributed by atoms with Gasteiger partial charge in [-0.05, 0) is 48.2 Å². The van der Waals surface area contributed by atoms with Crippen molar-refractivity contribution in [2.75, 3.05) is 31.1 Å². The van der Waals surface area contributed by atoms with Gasteiger partial charge in [0.1, 0.15) is 0 Å². The standard InChI is InChI=1S/C29H28N4O.ClH/c34-29-25-9-3-4-10-26(25)30-21-33(29)24-15-17-31(18-16-24)19-20-32-27-11-5-1-7-22(27)13-14-23-8-2-6-12-28(23)32;/h1-14,21,24H,15-20H2;1H. The number of likely N-dealkylation sites (tertiary alicyclic amines) is 1. The van der Waals surface area contributed by atoms with Crippen LogP contribution in [-0.4, -0.2) is 40.6 Å². The number of fused-ring (bicyclic) bond motifs is 3. The Morgan fingerprint density at radius 3 is 2.06 bits per heavy atom. The summed E-state index contributed by atoms with van der Waals surface area (Å²) in [5.74, 6) is 0. The van der Waals surface area contributed by atoms with Crippen LogP contribution in [0.2, 0.25) is 0 Å². The van der Waals surface area contributed by atoms with E-state index in [0.29, 0.717) is 5.39 Å². The van der Waals surface area contributed by atoms with Crippen molar-refractivity contribution in [1.29, 1.82) is 0 Å². The first-order valence-corrected chi connectivity index (χ1v) is 12.1. The third-order valence-electron chi connectivity index (χ3n) is 7.18. The molecule has 1 saturated heterocycles. The smallest absolute Gasteiger partial charge is 0.261 e. The molecule has 0 aliphatic carbocycles. The summed E-state index contributed by atoms with van der Waals surface area (Å²) in [5.41, 5.74) is 5.86. The molecule has 5 nitrogen and oxygen atoms in total. The normalized spacial score (nSPS) is 15.8. The summed E-state index contributed by atoms with van der Waals surface area (Å²) in [6, 6.07) is 25.1. The Balaban J connectivity index is 0.00000253. The zero-order valence-corrected chi connectivity index (χ0v) is 20.4. The summed E-state index contributed by atoms with van der Waals surface area (Å²) in [6.07, 6.45) is 8.11. The van der Waals surface area contributed by atoms with Crippen molar-refractivity contribution in [2.45, 2.75) is 18.9 Å². The number of aromatic nitrogens is 2. The number of hydrogen-bond acceptors (Lipinski definition) is 4. The van der Waals surface area contributed by atoms with Crippen molar-refractivity contribution >= 4 is 46.8 Å². The van der Waals surface area contributed by atoms with E-state index in [4.69, 9.17) is 0 Å². The molecule has 0 atom stereocenters. The van der Waals surface area contributed by atoms with E-state index < -0.39 is 0 Å². The second-order valence-corrected chi connectivity index (χ2v) is 9.15. The van der Waals surface area contributed by atoms with Crippen LogP contribution >= 0.6 is 12.4 Å². The lowest BCUT2D eigenvalue weighted by Crippen LogP contribution is -2.41. The Morgan fingerprint density at radius 1 is 0.771 bits per heavy atom. The highest BCUT2D eigenvalue weighted by Crippen LogP contribution is 2.36. The average Bonchev–Trinajstić information content (AvgIpc) is 3.05. The zero-order chi connectivity index (χ0) is 22.9. The minimum absolute atomic E-state index is 0. The van der Waals surface area contributed by atoms with Crippen LogP contribution in [0.3, 0.4) is 0 Å². The van der Waals surface area contributed by atoms with Gasteiger partial charge >= 0.3 is 0 Å². The fraction of sp³-hybridized carbons (Fsp3) is 0.241. The summed E-state index contributed by atoms with van der Waals surface area (Å²) in [6.45, 7) is 3.89. The van der Waals surface area contributed by atoms with Crippen LogP contribution in [0.4, 0.5) is 11.4 Å². The molecule has 0 amide bonds. The molecule has 3 aromatic carbocycles. The van der Waals surface area contributed by atoms with Crippen LogP contribution in [0.25, 0.3) is 23.1 Å². The SMILES string of the molecule is Cl.O=c1c2ccccc2ncn1C1CCN(CCN2c3ccccc3C=Cc3ccccc32)CC1. The van der Waals surface area contributed by atoms with Crippen LogP contribution in [0.5, 0.6) is 0 Å². The molecule has 6 heteroatoms. The lowest BCUT2D eigenvalue weighted by atomic mass is 10.0. The fourth-order valence-electron chi connectivity index (χ4n) is 5.30. The Kier molecular flexibility index (Phi) is 6.71. The van der Waals surface area contributed by atoms with Gasteiger partial charge in [-0.2, -0.15) is 0 Å². The second-order valence-electron chi connectivity index (χ2n) is 9.15.